The fourth-order valence-corrected chi connectivity index (χ4v) is 1.91. The maximum atomic E-state index is 5.70. The van der Waals surface area contributed by atoms with E-state index in [0.29, 0.717) is 12.7 Å². The lowest BCUT2D eigenvalue weighted by molar-refractivity contribution is -0.0146. The van der Waals surface area contributed by atoms with Crippen LogP contribution in [-0.4, -0.2) is 57.5 Å². The number of rotatable bonds is 7. The van der Waals surface area contributed by atoms with Crippen molar-refractivity contribution in [3.05, 3.63) is 0 Å². The zero-order valence-corrected chi connectivity index (χ0v) is 9.78. The predicted molar refractivity (Wildman–Crippen MR) is 61.0 cm³/mol. The van der Waals surface area contributed by atoms with E-state index in [4.69, 9.17) is 15.2 Å². The molecule has 0 radical (unpaired) electrons. The first-order valence-electron chi connectivity index (χ1n) is 5.89. The highest BCUT2D eigenvalue weighted by molar-refractivity contribution is 4.72. The van der Waals surface area contributed by atoms with Gasteiger partial charge in [0, 0.05) is 20.2 Å². The van der Waals surface area contributed by atoms with E-state index in [1.54, 1.807) is 7.11 Å². The highest BCUT2D eigenvalue weighted by atomic mass is 16.5. The molecule has 0 atom stereocenters. The van der Waals surface area contributed by atoms with E-state index in [1.165, 1.54) is 0 Å². The fourth-order valence-electron chi connectivity index (χ4n) is 1.91. The molecule has 15 heavy (non-hydrogen) atoms. The molecule has 4 nitrogen and oxygen atoms in total. The third-order valence-corrected chi connectivity index (χ3v) is 2.85. The standard InChI is InChI=1S/C11H24N2O2/c1-14-9-10-15-11-3-7-13(8-4-11)6-2-5-12/h11H,2-10,12H2,1H3. The molecule has 1 rings (SSSR count). The van der Waals surface area contributed by atoms with E-state index >= 15 is 0 Å². The topological polar surface area (TPSA) is 47.7 Å². The smallest absolute Gasteiger partial charge is 0.0704 e. The maximum Gasteiger partial charge on any atom is 0.0704 e. The minimum Gasteiger partial charge on any atom is -0.382 e. The Morgan fingerprint density at radius 3 is 2.60 bits per heavy atom. The van der Waals surface area contributed by atoms with Crippen LogP contribution in [0.25, 0.3) is 0 Å². The summed E-state index contributed by atoms with van der Waals surface area (Å²) >= 11 is 0. The average molecular weight is 216 g/mol. The SMILES string of the molecule is COCCOC1CCN(CCCN)CC1. The molecule has 0 aromatic heterocycles. The van der Waals surface area contributed by atoms with Crippen LogP contribution < -0.4 is 5.73 Å². The third kappa shape index (κ3) is 5.47. The molecular formula is C11H24N2O2. The van der Waals surface area contributed by atoms with Crippen LogP contribution in [-0.2, 0) is 9.47 Å². The number of nitrogens with zero attached hydrogens (tertiary/aromatic N) is 1. The number of hydrogen-bond donors (Lipinski definition) is 1. The molecule has 1 aliphatic heterocycles. The molecular weight excluding hydrogens is 192 g/mol. The zero-order valence-electron chi connectivity index (χ0n) is 9.78. The van der Waals surface area contributed by atoms with Gasteiger partial charge in [0.15, 0.2) is 0 Å². The Morgan fingerprint density at radius 2 is 2.00 bits per heavy atom. The summed E-state index contributed by atoms with van der Waals surface area (Å²) < 4.78 is 10.7. The van der Waals surface area contributed by atoms with Crippen molar-refractivity contribution in [3.63, 3.8) is 0 Å². The lowest BCUT2D eigenvalue weighted by atomic mass is 10.1. The molecule has 0 unspecified atom stereocenters. The maximum absolute atomic E-state index is 5.70. The van der Waals surface area contributed by atoms with E-state index in [-0.39, 0.29) is 0 Å². The molecule has 1 fully saturated rings. The number of ether oxygens (including phenoxy) is 2. The van der Waals surface area contributed by atoms with Crippen LogP contribution in [0.4, 0.5) is 0 Å². The highest BCUT2D eigenvalue weighted by Crippen LogP contribution is 2.13. The van der Waals surface area contributed by atoms with Gasteiger partial charge in [0.05, 0.1) is 19.3 Å². The largest absolute Gasteiger partial charge is 0.382 e. The van der Waals surface area contributed by atoms with E-state index in [9.17, 15) is 0 Å². The third-order valence-electron chi connectivity index (χ3n) is 2.85. The van der Waals surface area contributed by atoms with Crippen molar-refractivity contribution >= 4 is 0 Å². The van der Waals surface area contributed by atoms with E-state index in [1.807, 2.05) is 0 Å². The van der Waals surface area contributed by atoms with Gasteiger partial charge in [0.1, 0.15) is 0 Å². The summed E-state index contributed by atoms with van der Waals surface area (Å²) in [7, 11) is 1.71. The normalized spacial score (nSPS) is 19.6. The second-order valence-corrected chi connectivity index (χ2v) is 4.05. The quantitative estimate of drug-likeness (QED) is 0.628. The van der Waals surface area contributed by atoms with Crippen LogP contribution in [0.1, 0.15) is 19.3 Å². The molecule has 1 aliphatic rings. The van der Waals surface area contributed by atoms with E-state index in [2.05, 4.69) is 4.90 Å². The van der Waals surface area contributed by atoms with Crippen LogP contribution in [0.2, 0.25) is 0 Å². The van der Waals surface area contributed by atoms with Gasteiger partial charge in [-0.3, -0.25) is 0 Å². The molecule has 0 spiro atoms. The van der Waals surface area contributed by atoms with Gasteiger partial charge in [0.2, 0.25) is 0 Å². The van der Waals surface area contributed by atoms with Gasteiger partial charge >= 0.3 is 0 Å². The van der Waals surface area contributed by atoms with Gasteiger partial charge in [-0.05, 0) is 32.4 Å². The van der Waals surface area contributed by atoms with Crippen LogP contribution >= 0.6 is 0 Å². The van der Waals surface area contributed by atoms with Crippen molar-refractivity contribution in [2.75, 3.05) is 46.5 Å². The summed E-state index contributed by atoms with van der Waals surface area (Å²) in [5, 5.41) is 0. The summed E-state index contributed by atoms with van der Waals surface area (Å²) in [5.74, 6) is 0. The van der Waals surface area contributed by atoms with Crippen molar-refractivity contribution in [2.45, 2.75) is 25.4 Å². The molecule has 2 N–H and O–H groups in total. The first-order valence-corrected chi connectivity index (χ1v) is 5.89. The Kier molecular flexibility index (Phi) is 6.92. The Bertz CT molecular complexity index is 148. The van der Waals surface area contributed by atoms with Gasteiger partial charge in [-0.2, -0.15) is 0 Å². The summed E-state index contributed by atoms with van der Waals surface area (Å²) in [4.78, 5) is 2.48. The Hall–Kier alpha value is -0.160. The lowest BCUT2D eigenvalue weighted by Crippen LogP contribution is -2.38. The molecule has 1 saturated heterocycles. The van der Waals surface area contributed by atoms with Gasteiger partial charge in [-0.1, -0.05) is 0 Å². The van der Waals surface area contributed by atoms with Crippen molar-refractivity contribution in [1.82, 2.24) is 4.90 Å². The minimum absolute atomic E-state index is 0.439. The van der Waals surface area contributed by atoms with Gasteiger partial charge < -0.3 is 20.1 Å². The minimum atomic E-state index is 0.439. The molecule has 1 heterocycles. The summed E-state index contributed by atoms with van der Waals surface area (Å²) in [5.41, 5.74) is 5.49. The summed E-state index contributed by atoms with van der Waals surface area (Å²) in [6, 6.07) is 0. The van der Waals surface area contributed by atoms with E-state index < -0.39 is 0 Å². The molecule has 4 heteroatoms. The van der Waals surface area contributed by atoms with Gasteiger partial charge in [-0.15, -0.1) is 0 Å². The summed E-state index contributed by atoms with van der Waals surface area (Å²) in [6.45, 7) is 5.66. The zero-order chi connectivity index (χ0) is 10.9. The van der Waals surface area contributed by atoms with Crippen molar-refractivity contribution < 1.29 is 9.47 Å². The molecule has 0 bridgehead atoms. The Morgan fingerprint density at radius 1 is 1.27 bits per heavy atom. The van der Waals surface area contributed by atoms with Crippen molar-refractivity contribution in [1.29, 1.82) is 0 Å². The fraction of sp³-hybridized carbons (Fsp3) is 1.00. The number of piperidine rings is 1. The summed E-state index contributed by atoms with van der Waals surface area (Å²) in [6.07, 6.45) is 3.84. The molecule has 0 aromatic rings. The Labute approximate surface area is 92.7 Å². The van der Waals surface area contributed by atoms with Gasteiger partial charge in [-0.25, -0.2) is 0 Å². The van der Waals surface area contributed by atoms with Gasteiger partial charge in [0.25, 0.3) is 0 Å². The first-order chi connectivity index (χ1) is 7.36. The van der Waals surface area contributed by atoms with Crippen LogP contribution in [0.15, 0.2) is 0 Å². The first kappa shape index (κ1) is 12.9. The van der Waals surface area contributed by atoms with Crippen molar-refractivity contribution in [3.8, 4) is 0 Å². The predicted octanol–water partition coefficient (Wildman–Crippen LogP) is 0.463. The average Bonchev–Trinajstić information content (AvgIpc) is 2.28. The van der Waals surface area contributed by atoms with Crippen LogP contribution in [0.5, 0.6) is 0 Å². The second-order valence-electron chi connectivity index (χ2n) is 4.05. The molecule has 90 valence electrons. The lowest BCUT2D eigenvalue weighted by Gasteiger charge is -2.31. The molecule has 0 amide bonds. The number of nitrogens with two attached hydrogens (primary N) is 1. The monoisotopic (exact) mass is 216 g/mol. The molecule has 0 saturated carbocycles. The molecule has 0 aromatic carbocycles. The van der Waals surface area contributed by atoms with E-state index in [0.717, 1.165) is 52.0 Å². The Balaban J connectivity index is 2.02. The number of methoxy groups -OCH3 is 1. The van der Waals surface area contributed by atoms with Crippen LogP contribution in [0, 0.1) is 0 Å². The van der Waals surface area contributed by atoms with Crippen molar-refractivity contribution in [2.24, 2.45) is 5.73 Å². The van der Waals surface area contributed by atoms with Crippen LogP contribution in [0.3, 0.4) is 0 Å². The number of hydrogen-bond acceptors (Lipinski definition) is 4. The molecule has 0 aliphatic carbocycles. The second kappa shape index (κ2) is 8.05. The highest BCUT2D eigenvalue weighted by Gasteiger charge is 2.18. The number of likely N-dealkylation sites (tertiary alicyclic amines) is 1.